The van der Waals surface area contributed by atoms with Crippen LogP contribution in [0, 0.1) is 0 Å². The van der Waals surface area contributed by atoms with Crippen molar-refractivity contribution in [1.82, 2.24) is 4.90 Å². The number of carbonyl (C=O) groups excluding carboxylic acids is 2. The van der Waals surface area contributed by atoms with Crippen LogP contribution in [0.4, 0.5) is 0 Å². The molecule has 0 saturated carbocycles. The summed E-state index contributed by atoms with van der Waals surface area (Å²) in [5.74, 6) is 0.341. The largest absolute Gasteiger partial charge is 0.488 e. The van der Waals surface area contributed by atoms with E-state index in [4.69, 9.17) is 4.74 Å². The first kappa shape index (κ1) is 10.1. The van der Waals surface area contributed by atoms with Gasteiger partial charge in [0, 0.05) is 18.6 Å². The second-order valence-corrected chi connectivity index (χ2v) is 4.17. The zero-order valence-corrected chi connectivity index (χ0v) is 9.13. The molecule has 86 valence electrons. The van der Waals surface area contributed by atoms with Crippen molar-refractivity contribution in [3.05, 3.63) is 42.0 Å². The van der Waals surface area contributed by atoms with Crippen molar-refractivity contribution >= 4 is 11.8 Å². The number of hydrogen-bond donors (Lipinski definition) is 0. The minimum Gasteiger partial charge on any atom is -0.488 e. The number of fused-ring (bicyclic) bond motifs is 1. The van der Waals surface area contributed by atoms with Crippen LogP contribution in [0.1, 0.15) is 5.56 Å². The summed E-state index contributed by atoms with van der Waals surface area (Å²) in [6, 6.07) is 7.77. The fraction of sp³-hybridized carbons (Fsp3) is 0.231. The van der Waals surface area contributed by atoms with Crippen LogP contribution < -0.4 is 4.74 Å². The Morgan fingerprint density at radius 3 is 2.59 bits per heavy atom. The van der Waals surface area contributed by atoms with Gasteiger partial charge in [0.25, 0.3) is 11.8 Å². The van der Waals surface area contributed by atoms with Crippen molar-refractivity contribution in [2.45, 2.75) is 12.5 Å². The van der Waals surface area contributed by atoms with E-state index in [0.717, 1.165) is 17.7 Å². The number of carbonyl (C=O) groups is 2. The molecule has 1 unspecified atom stereocenters. The van der Waals surface area contributed by atoms with E-state index in [1.165, 1.54) is 17.1 Å². The van der Waals surface area contributed by atoms with Crippen molar-refractivity contribution in [3.8, 4) is 5.75 Å². The summed E-state index contributed by atoms with van der Waals surface area (Å²) < 4.78 is 5.69. The molecule has 4 nitrogen and oxygen atoms in total. The van der Waals surface area contributed by atoms with Crippen molar-refractivity contribution in [2.24, 2.45) is 0 Å². The molecule has 3 rings (SSSR count). The summed E-state index contributed by atoms with van der Waals surface area (Å²) in [6.07, 6.45) is 3.21. The minimum atomic E-state index is -0.255. The molecule has 0 fully saturated rings. The van der Waals surface area contributed by atoms with E-state index >= 15 is 0 Å². The smallest absolute Gasteiger partial charge is 0.253 e. The van der Waals surface area contributed by atoms with E-state index in [1.54, 1.807) is 0 Å². The fourth-order valence-corrected chi connectivity index (χ4v) is 2.17. The van der Waals surface area contributed by atoms with Crippen LogP contribution in [0.2, 0.25) is 0 Å². The normalized spacial score (nSPS) is 21.9. The first-order valence-electron chi connectivity index (χ1n) is 5.52. The van der Waals surface area contributed by atoms with Gasteiger partial charge in [-0.25, -0.2) is 0 Å². The van der Waals surface area contributed by atoms with Gasteiger partial charge in [-0.15, -0.1) is 0 Å². The molecule has 2 aliphatic heterocycles. The highest BCUT2D eigenvalue weighted by molar-refractivity contribution is 6.12. The second kappa shape index (κ2) is 3.73. The third-order valence-electron chi connectivity index (χ3n) is 3.00. The van der Waals surface area contributed by atoms with E-state index in [0.29, 0.717) is 6.54 Å². The molecule has 4 heteroatoms. The average Bonchev–Trinajstić information content (AvgIpc) is 2.87. The van der Waals surface area contributed by atoms with Gasteiger partial charge in [0.2, 0.25) is 0 Å². The van der Waals surface area contributed by atoms with E-state index < -0.39 is 0 Å². The Morgan fingerprint density at radius 2 is 1.88 bits per heavy atom. The molecule has 0 aromatic heterocycles. The third kappa shape index (κ3) is 1.71. The predicted molar refractivity (Wildman–Crippen MR) is 60.4 cm³/mol. The Kier molecular flexibility index (Phi) is 2.21. The molecular weight excluding hydrogens is 218 g/mol. The van der Waals surface area contributed by atoms with E-state index in [2.05, 4.69) is 0 Å². The monoisotopic (exact) mass is 229 g/mol. The maximum absolute atomic E-state index is 11.4. The SMILES string of the molecule is O=C1C=CC(=O)N1CC1Cc2ccccc2O1. The van der Waals surface area contributed by atoms with Gasteiger partial charge in [-0.2, -0.15) is 0 Å². The van der Waals surface area contributed by atoms with Gasteiger partial charge in [-0.3, -0.25) is 14.5 Å². The molecule has 17 heavy (non-hydrogen) atoms. The van der Waals surface area contributed by atoms with Gasteiger partial charge in [-0.05, 0) is 11.6 Å². The summed E-state index contributed by atoms with van der Waals surface area (Å²) in [7, 11) is 0. The Balaban J connectivity index is 1.70. The van der Waals surface area contributed by atoms with Gasteiger partial charge in [-0.1, -0.05) is 18.2 Å². The highest BCUT2D eigenvalue weighted by Crippen LogP contribution is 2.28. The molecule has 0 aliphatic carbocycles. The number of rotatable bonds is 2. The van der Waals surface area contributed by atoms with Gasteiger partial charge < -0.3 is 4.74 Å². The molecule has 0 spiro atoms. The molecule has 2 heterocycles. The van der Waals surface area contributed by atoms with E-state index in [-0.39, 0.29) is 17.9 Å². The number of para-hydroxylation sites is 1. The Hall–Kier alpha value is -2.10. The lowest BCUT2D eigenvalue weighted by molar-refractivity contribution is -0.137. The molecule has 0 saturated heterocycles. The van der Waals surface area contributed by atoms with Gasteiger partial charge in [0.05, 0.1) is 6.54 Å². The Bertz CT molecular complexity index is 478. The lowest BCUT2D eigenvalue weighted by Gasteiger charge is -2.18. The molecule has 0 radical (unpaired) electrons. The number of benzene rings is 1. The average molecular weight is 229 g/mol. The lowest BCUT2D eigenvalue weighted by atomic mass is 10.1. The van der Waals surface area contributed by atoms with Crippen molar-refractivity contribution in [1.29, 1.82) is 0 Å². The minimum absolute atomic E-state index is 0.125. The standard InChI is InChI=1S/C13H11NO3/c15-12-5-6-13(16)14(12)8-10-7-9-3-1-2-4-11(9)17-10/h1-6,10H,7-8H2. The van der Waals surface area contributed by atoms with Crippen LogP contribution in [-0.4, -0.2) is 29.4 Å². The maximum atomic E-state index is 11.4. The Morgan fingerprint density at radius 1 is 1.18 bits per heavy atom. The van der Waals surface area contributed by atoms with Crippen LogP contribution in [0.5, 0.6) is 5.75 Å². The second-order valence-electron chi connectivity index (χ2n) is 4.17. The number of amides is 2. The fourth-order valence-electron chi connectivity index (χ4n) is 2.17. The summed E-state index contributed by atoms with van der Waals surface area (Å²) in [5, 5.41) is 0. The Labute approximate surface area is 98.5 Å². The molecule has 1 aromatic carbocycles. The number of hydrogen-bond acceptors (Lipinski definition) is 3. The molecular formula is C13H11NO3. The van der Waals surface area contributed by atoms with Gasteiger partial charge in [0.15, 0.2) is 0 Å². The topological polar surface area (TPSA) is 46.6 Å². The molecule has 2 amide bonds. The highest BCUT2D eigenvalue weighted by Gasteiger charge is 2.30. The molecule has 0 bridgehead atoms. The van der Waals surface area contributed by atoms with E-state index in [1.807, 2.05) is 24.3 Å². The zero-order valence-electron chi connectivity index (χ0n) is 9.13. The predicted octanol–water partition coefficient (Wildman–Crippen LogP) is 0.915. The zero-order chi connectivity index (χ0) is 11.8. The maximum Gasteiger partial charge on any atom is 0.253 e. The summed E-state index contributed by atoms with van der Waals surface area (Å²) >= 11 is 0. The molecule has 1 atom stereocenters. The van der Waals surface area contributed by atoms with Crippen LogP contribution in [0.3, 0.4) is 0 Å². The number of nitrogens with zero attached hydrogens (tertiary/aromatic N) is 1. The summed E-state index contributed by atoms with van der Waals surface area (Å²) in [6.45, 7) is 0.319. The van der Waals surface area contributed by atoms with Crippen LogP contribution in [0.15, 0.2) is 36.4 Å². The molecule has 1 aromatic rings. The lowest BCUT2D eigenvalue weighted by Crippen LogP contribution is -2.38. The van der Waals surface area contributed by atoms with Crippen LogP contribution >= 0.6 is 0 Å². The third-order valence-corrected chi connectivity index (χ3v) is 3.00. The quantitative estimate of drug-likeness (QED) is 0.708. The van der Waals surface area contributed by atoms with Crippen molar-refractivity contribution in [3.63, 3.8) is 0 Å². The van der Waals surface area contributed by atoms with Gasteiger partial charge >= 0.3 is 0 Å². The first-order valence-corrected chi connectivity index (χ1v) is 5.52. The molecule has 0 N–H and O–H groups in total. The summed E-state index contributed by atoms with van der Waals surface area (Å²) in [5.41, 5.74) is 1.13. The number of imide groups is 1. The first-order chi connectivity index (χ1) is 8.24. The van der Waals surface area contributed by atoms with Crippen molar-refractivity contribution < 1.29 is 14.3 Å². The number of ether oxygens (including phenoxy) is 1. The highest BCUT2D eigenvalue weighted by atomic mass is 16.5. The van der Waals surface area contributed by atoms with E-state index in [9.17, 15) is 9.59 Å². The summed E-state index contributed by atoms with van der Waals surface area (Å²) in [4.78, 5) is 24.0. The molecule has 2 aliphatic rings. The van der Waals surface area contributed by atoms with Crippen LogP contribution in [-0.2, 0) is 16.0 Å². The van der Waals surface area contributed by atoms with Crippen molar-refractivity contribution in [2.75, 3.05) is 6.54 Å². The van der Waals surface area contributed by atoms with Gasteiger partial charge in [0.1, 0.15) is 11.9 Å². The van der Waals surface area contributed by atoms with Crippen LogP contribution in [0.25, 0.3) is 0 Å².